The molecule has 0 aliphatic carbocycles. The van der Waals surface area contributed by atoms with Crippen LogP contribution in [0, 0.1) is 20.8 Å². The van der Waals surface area contributed by atoms with E-state index in [4.69, 9.17) is 0 Å². The highest BCUT2D eigenvalue weighted by atomic mass is 16.2. The van der Waals surface area contributed by atoms with Crippen LogP contribution in [0.5, 0.6) is 0 Å². The number of hydrogen-bond donors (Lipinski definition) is 2. The fourth-order valence-electron chi connectivity index (χ4n) is 3.17. The van der Waals surface area contributed by atoms with Gasteiger partial charge in [-0.3, -0.25) is 4.79 Å². The van der Waals surface area contributed by atoms with Crippen LogP contribution in [0.1, 0.15) is 23.1 Å². The van der Waals surface area contributed by atoms with Gasteiger partial charge in [-0.25, -0.2) is 4.79 Å². The summed E-state index contributed by atoms with van der Waals surface area (Å²) in [5.74, 6) is -0.0700. The minimum Gasteiger partial charge on any atom is -0.326 e. The molecule has 0 spiro atoms. The molecule has 1 atom stereocenters. The molecule has 1 heterocycles. The van der Waals surface area contributed by atoms with Crippen molar-refractivity contribution < 1.29 is 9.59 Å². The number of carbonyl (C=O) groups is 2. The van der Waals surface area contributed by atoms with Crippen LogP contribution >= 0.6 is 0 Å². The first kappa shape index (κ1) is 17.0. The highest BCUT2D eigenvalue weighted by Crippen LogP contribution is 2.22. The van der Waals surface area contributed by atoms with E-state index in [1.54, 1.807) is 4.90 Å². The summed E-state index contributed by atoms with van der Waals surface area (Å²) in [6, 6.07) is 12.8. The van der Waals surface area contributed by atoms with Gasteiger partial charge in [-0.05, 0) is 62.6 Å². The van der Waals surface area contributed by atoms with E-state index in [1.807, 2.05) is 63.2 Å². The van der Waals surface area contributed by atoms with Crippen LogP contribution in [-0.4, -0.2) is 24.5 Å². The summed E-state index contributed by atoms with van der Waals surface area (Å²) in [4.78, 5) is 26.5. The van der Waals surface area contributed by atoms with Crippen LogP contribution in [0.2, 0.25) is 0 Å². The quantitative estimate of drug-likeness (QED) is 0.900. The van der Waals surface area contributed by atoms with Crippen molar-refractivity contribution in [1.29, 1.82) is 0 Å². The van der Waals surface area contributed by atoms with Crippen molar-refractivity contribution in [2.75, 3.05) is 16.8 Å². The third-order valence-electron chi connectivity index (χ3n) is 4.34. The third-order valence-corrected chi connectivity index (χ3v) is 4.34. The van der Waals surface area contributed by atoms with Crippen molar-refractivity contribution in [3.8, 4) is 0 Å². The van der Waals surface area contributed by atoms with Gasteiger partial charge >= 0.3 is 6.03 Å². The number of aryl methyl sites for hydroxylation is 3. The number of rotatable bonds is 3. The first-order valence-electron chi connectivity index (χ1n) is 8.46. The maximum absolute atomic E-state index is 12.6. The van der Waals surface area contributed by atoms with Gasteiger partial charge in [-0.15, -0.1) is 0 Å². The number of nitrogens with zero attached hydrogens (tertiary/aromatic N) is 1. The molecular formula is C20H23N3O2. The van der Waals surface area contributed by atoms with E-state index in [-0.39, 0.29) is 11.9 Å². The molecule has 3 amide bonds. The summed E-state index contributed by atoms with van der Waals surface area (Å²) in [5.41, 5.74) is 4.92. The maximum Gasteiger partial charge on any atom is 0.319 e. The lowest BCUT2D eigenvalue weighted by molar-refractivity contribution is -0.118. The molecule has 2 aromatic rings. The molecule has 130 valence electrons. The predicted octanol–water partition coefficient (Wildman–Crippen LogP) is 3.54. The fourth-order valence-corrected chi connectivity index (χ4v) is 3.17. The minimum absolute atomic E-state index is 0.0700. The van der Waals surface area contributed by atoms with E-state index < -0.39 is 6.04 Å². The first-order chi connectivity index (χ1) is 11.9. The molecule has 1 unspecified atom stereocenters. The average molecular weight is 337 g/mol. The molecule has 0 saturated carbocycles. The average Bonchev–Trinajstić information content (AvgIpc) is 2.88. The van der Waals surface area contributed by atoms with E-state index in [1.165, 1.54) is 0 Å². The lowest BCUT2D eigenvalue weighted by atomic mass is 10.1. The number of amides is 3. The second-order valence-corrected chi connectivity index (χ2v) is 6.64. The van der Waals surface area contributed by atoms with Gasteiger partial charge < -0.3 is 15.5 Å². The number of benzene rings is 2. The van der Waals surface area contributed by atoms with E-state index in [2.05, 4.69) is 10.6 Å². The van der Waals surface area contributed by atoms with E-state index in [9.17, 15) is 9.59 Å². The number of carbonyl (C=O) groups excluding carboxylic acids is 2. The summed E-state index contributed by atoms with van der Waals surface area (Å²) in [7, 11) is 0. The Hall–Kier alpha value is -2.82. The Morgan fingerprint density at radius 2 is 1.64 bits per heavy atom. The Kier molecular flexibility index (Phi) is 4.74. The second-order valence-electron chi connectivity index (χ2n) is 6.64. The lowest BCUT2D eigenvalue weighted by Crippen LogP contribution is -2.43. The highest BCUT2D eigenvalue weighted by Gasteiger charge is 2.33. The van der Waals surface area contributed by atoms with Crippen molar-refractivity contribution in [3.63, 3.8) is 0 Å². The van der Waals surface area contributed by atoms with E-state index >= 15 is 0 Å². The summed E-state index contributed by atoms with van der Waals surface area (Å²) in [6.07, 6.45) is 0.604. The number of urea groups is 1. The zero-order valence-electron chi connectivity index (χ0n) is 14.8. The Labute approximate surface area is 148 Å². The van der Waals surface area contributed by atoms with E-state index in [0.717, 1.165) is 28.1 Å². The molecule has 1 aliphatic heterocycles. The van der Waals surface area contributed by atoms with Crippen molar-refractivity contribution in [3.05, 3.63) is 59.2 Å². The van der Waals surface area contributed by atoms with Crippen molar-refractivity contribution in [2.45, 2.75) is 33.2 Å². The maximum atomic E-state index is 12.6. The molecule has 0 bridgehead atoms. The summed E-state index contributed by atoms with van der Waals surface area (Å²) in [6.45, 7) is 6.58. The van der Waals surface area contributed by atoms with Gasteiger partial charge in [0.25, 0.3) is 0 Å². The van der Waals surface area contributed by atoms with Gasteiger partial charge in [0.1, 0.15) is 6.04 Å². The fraction of sp³-hybridized carbons (Fsp3) is 0.300. The van der Waals surface area contributed by atoms with Gasteiger partial charge in [0.15, 0.2) is 0 Å². The monoisotopic (exact) mass is 337 g/mol. The normalized spacial score (nSPS) is 16.8. The van der Waals surface area contributed by atoms with E-state index in [0.29, 0.717) is 13.0 Å². The largest absolute Gasteiger partial charge is 0.326 e. The van der Waals surface area contributed by atoms with Gasteiger partial charge in [0.2, 0.25) is 5.91 Å². The molecular weight excluding hydrogens is 314 g/mol. The molecule has 1 fully saturated rings. The van der Waals surface area contributed by atoms with Crippen molar-refractivity contribution >= 4 is 23.3 Å². The summed E-state index contributed by atoms with van der Waals surface area (Å²) in [5, 5.41) is 5.60. The molecule has 5 nitrogen and oxygen atoms in total. The molecule has 1 saturated heterocycles. The molecule has 2 aromatic carbocycles. The van der Waals surface area contributed by atoms with Crippen LogP contribution in [0.3, 0.4) is 0 Å². The Bertz CT molecular complexity index is 779. The van der Waals surface area contributed by atoms with Crippen LogP contribution in [0.4, 0.5) is 16.2 Å². The molecule has 1 aliphatic rings. The van der Waals surface area contributed by atoms with Gasteiger partial charge in [0, 0.05) is 17.9 Å². The lowest BCUT2D eigenvalue weighted by Gasteiger charge is -2.17. The van der Waals surface area contributed by atoms with Crippen LogP contribution in [0.15, 0.2) is 42.5 Å². The predicted molar refractivity (Wildman–Crippen MR) is 100 cm³/mol. The highest BCUT2D eigenvalue weighted by molar-refractivity contribution is 6.02. The van der Waals surface area contributed by atoms with Gasteiger partial charge in [-0.1, -0.05) is 23.8 Å². The standard InChI is InChI=1S/C20H23N3O2/c1-13-4-6-17(7-5-13)23-9-8-18(19(23)24)22-20(25)21-16-11-14(2)10-15(3)12-16/h4-7,10-12,18H,8-9H2,1-3H3,(H2,21,22,25). The third kappa shape index (κ3) is 3.99. The zero-order chi connectivity index (χ0) is 18.0. The number of hydrogen-bond acceptors (Lipinski definition) is 2. The van der Waals surface area contributed by atoms with Gasteiger partial charge in [0.05, 0.1) is 0 Å². The zero-order valence-corrected chi connectivity index (χ0v) is 14.8. The molecule has 5 heteroatoms. The summed E-state index contributed by atoms with van der Waals surface area (Å²) >= 11 is 0. The minimum atomic E-state index is -0.493. The molecule has 25 heavy (non-hydrogen) atoms. The Morgan fingerprint density at radius 3 is 2.28 bits per heavy atom. The second kappa shape index (κ2) is 6.97. The molecule has 2 N–H and O–H groups in total. The number of anilines is 2. The first-order valence-corrected chi connectivity index (χ1v) is 8.46. The number of nitrogens with one attached hydrogen (secondary N) is 2. The molecule has 3 rings (SSSR count). The van der Waals surface area contributed by atoms with Crippen LogP contribution in [-0.2, 0) is 4.79 Å². The molecule has 0 aromatic heterocycles. The Balaban J connectivity index is 1.62. The van der Waals surface area contributed by atoms with Crippen molar-refractivity contribution in [1.82, 2.24) is 5.32 Å². The van der Waals surface area contributed by atoms with Gasteiger partial charge in [-0.2, -0.15) is 0 Å². The van der Waals surface area contributed by atoms with Crippen LogP contribution < -0.4 is 15.5 Å². The smallest absolute Gasteiger partial charge is 0.319 e. The van der Waals surface area contributed by atoms with Crippen molar-refractivity contribution in [2.24, 2.45) is 0 Å². The van der Waals surface area contributed by atoms with Crippen LogP contribution in [0.25, 0.3) is 0 Å². The topological polar surface area (TPSA) is 61.4 Å². The summed E-state index contributed by atoms with van der Waals surface area (Å²) < 4.78 is 0. The SMILES string of the molecule is Cc1ccc(N2CCC(NC(=O)Nc3cc(C)cc(C)c3)C2=O)cc1. The Morgan fingerprint density at radius 1 is 1.00 bits per heavy atom. The molecule has 0 radical (unpaired) electrons.